The van der Waals surface area contributed by atoms with Gasteiger partial charge in [-0.15, -0.1) is 0 Å². The van der Waals surface area contributed by atoms with Crippen LogP contribution >= 0.6 is 11.6 Å². The van der Waals surface area contributed by atoms with Crippen LogP contribution in [0, 0.1) is 5.82 Å². The Morgan fingerprint density at radius 3 is 2.85 bits per heavy atom. The van der Waals surface area contributed by atoms with E-state index in [4.69, 9.17) is 16.6 Å². The largest absolute Gasteiger partial charge is 0.355 e. The van der Waals surface area contributed by atoms with Gasteiger partial charge in [0.2, 0.25) is 0 Å². The summed E-state index contributed by atoms with van der Waals surface area (Å²) in [6.07, 6.45) is 4.67. The van der Waals surface area contributed by atoms with Gasteiger partial charge in [-0.1, -0.05) is 11.6 Å². The zero-order valence-electron chi connectivity index (χ0n) is 19.3. The molecule has 34 heavy (non-hydrogen) atoms. The van der Waals surface area contributed by atoms with Crippen molar-refractivity contribution in [2.75, 3.05) is 39.5 Å². The summed E-state index contributed by atoms with van der Waals surface area (Å²) in [6, 6.07) is 6.04. The van der Waals surface area contributed by atoms with Gasteiger partial charge in [0.1, 0.15) is 11.6 Å². The normalized spacial score (nSPS) is 14.8. The van der Waals surface area contributed by atoms with Crippen LogP contribution in [-0.2, 0) is 6.42 Å². The monoisotopic (exact) mass is 483 g/mol. The van der Waals surface area contributed by atoms with E-state index < -0.39 is 5.82 Å². The number of rotatable bonds is 8. The molecule has 8 nitrogen and oxygen atoms in total. The van der Waals surface area contributed by atoms with Crippen molar-refractivity contribution in [2.45, 2.75) is 18.9 Å². The average Bonchev–Trinajstić information content (AvgIpc) is 3.23. The number of carbonyl (C=O) groups is 1. The number of halogens is 2. The van der Waals surface area contributed by atoms with Crippen LogP contribution in [0.2, 0.25) is 5.02 Å². The lowest BCUT2D eigenvalue weighted by Gasteiger charge is -2.18. The molecule has 0 radical (unpaired) electrons. The lowest BCUT2D eigenvalue weighted by molar-refractivity contribution is 0.0963. The summed E-state index contributed by atoms with van der Waals surface area (Å²) < 4.78 is 14.7. The molecule has 0 aliphatic heterocycles. The highest BCUT2D eigenvalue weighted by Gasteiger charge is 2.29. The Kier molecular flexibility index (Phi) is 7.35. The molecule has 3 aromatic rings. The quantitative estimate of drug-likeness (QED) is 0.451. The average molecular weight is 484 g/mol. The van der Waals surface area contributed by atoms with Crippen molar-refractivity contribution in [3.8, 4) is 11.4 Å². The van der Waals surface area contributed by atoms with Crippen LogP contribution in [0.4, 0.5) is 15.9 Å². The molecule has 178 valence electrons. The topological polar surface area (TPSA) is 95.1 Å². The highest BCUT2D eigenvalue weighted by Crippen LogP contribution is 2.37. The van der Waals surface area contributed by atoms with Crippen molar-refractivity contribution in [3.05, 3.63) is 64.3 Å². The summed E-state index contributed by atoms with van der Waals surface area (Å²) in [4.78, 5) is 28.0. The van der Waals surface area contributed by atoms with Crippen molar-refractivity contribution in [1.82, 2.24) is 30.5 Å². The second kappa shape index (κ2) is 10.4. The molecular weight excluding hydrogens is 457 g/mol. The van der Waals surface area contributed by atoms with Gasteiger partial charge in [-0.3, -0.25) is 9.78 Å². The highest BCUT2D eigenvalue weighted by molar-refractivity contribution is 6.30. The number of nitrogens with zero attached hydrogens (tertiary/aromatic N) is 4. The van der Waals surface area contributed by atoms with Crippen molar-refractivity contribution >= 4 is 29.0 Å². The van der Waals surface area contributed by atoms with E-state index in [2.05, 4.69) is 30.8 Å². The Bertz CT molecular complexity index is 1200. The number of aromatic nitrogens is 3. The van der Waals surface area contributed by atoms with Gasteiger partial charge in [-0.25, -0.2) is 14.4 Å². The molecule has 3 N–H and O–H groups in total. The first-order chi connectivity index (χ1) is 16.4. The fourth-order valence-corrected chi connectivity index (χ4v) is 4.13. The number of benzene rings is 1. The molecule has 0 spiro atoms. The fraction of sp³-hybridized carbons (Fsp3) is 0.333. The van der Waals surface area contributed by atoms with Crippen LogP contribution in [-0.4, -0.2) is 60.0 Å². The summed E-state index contributed by atoms with van der Waals surface area (Å²) in [6.45, 7) is 1.67. The first-order valence-corrected chi connectivity index (χ1v) is 11.4. The predicted octanol–water partition coefficient (Wildman–Crippen LogP) is 3.57. The molecular formula is C24H27ClFN7O. The van der Waals surface area contributed by atoms with E-state index in [0.29, 0.717) is 22.1 Å². The molecule has 2 aromatic heterocycles. The number of pyridine rings is 1. The van der Waals surface area contributed by atoms with Gasteiger partial charge in [-0.05, 0) is 51.2 Å². The SMILES string of the molecule is CNC(=O)c1cnccc1Nc1nc(-c2cc(Cl)ccc2F)nc2c1CCC2NCCN(C)C. The minimum Gasteiger partial charge on any atom is -0.355 e. The number of carbonyl (C=O) groups excluding carboxylic acids is 1. The maximum Gasteiger partial charge on any atom is 0.254 e. The van der Waals surface area contributed by atoms with E-state index in [9.17, 15) is 9.18 Å². The van der Waals surface area contributed by atoms with Crippen molar-refractivity contribution < 1.29 is 9.18 Å². The summed E-state index contributed by atoms with van der Waals surface area (Å²) in [5, 5.41) is 9.85. The molecule has 1 amide bonds. The molecule has 1 aliphatic carbocycles. The van der Waals surface area contributed by atoms with Crippen LogP contribution in [0.25, 0.3) is 11.4 Å². The third kappa shape index (κ3) is 5.16. The number of hydrogen-bond acceptors (Lipinski definition) is 7. The van der Waals surface area contributed by atoms with Crippen LogP contribution in [0.5, 0.6) is 0 Å². The fourth-order valence-electron chi connectivity index (χ4n) is 3.96. The maximum absolute atomic E-state index is 14.7. The smallest absolute Gasteiger partial charge is 0.254 e. The third-order valence-electron chi connectivity index (χ3n) is 5.72. The minimum absolute atomic E-state index is 0.00958. The third-order valence-corrected chi connectivity index (χ3v) is 5.95. The van der Waals surface area contributed by atoms with Crippen LogP contribution < -0.4 is 16.0 Å². The molecule has 1 unspecified atom stereocenters. The number of nitrogens with one attached hydrogen (secondary N) is 3. The lowest BCUT2D eigenvalue weighted by Crippen LogP contribution is -2.29. The second-order valence-corrected chi connectivity index (χ2v) is 8.79. The summed E-state index contributed by atoms with van der Waals surface area (Å²) >= 11 is 6.15. The summed E-state index contributed by atoms with van der Waals surface area (Å²) in [7, 11) is 5.60. The van der Waals surface area contributed by atoms with Crippen molar-refractivity contribution in [2.24, 2.45) is 0 Å². The number of fused-ring (bicyclic) bond motifs is 1. The van der Waals surface area contributed by atoms with Crippen molar-refractivity contribution in [1.29, 1.82) is 0 Å². The van der Waals surface area contributed by atoms with E-state index in [1.54, 1.807) is 19.3 Å². The molecule has 0 saturated heterocycles. The number of amides is 1. The highest BCUT2D eigenvalue weighted by atomic mass is 35.5. The second-order valence-electron chi connectivity index (χ2n) is 8.36. The Labute approximate surface area is 203 Å². The zero-order chi connectivity index (χ0) is 24.2. The molecule has 4 rings (SSSR count). The van der Waals surface area contributed by atoms with E-state index in [1.807, 2.05) is 14.1 Å². The summed E-state index contributed by atoms with van der Waals surface area (Å²) in [5.41, 5.74) is 2.91. The van der Waals surface area contributed by atoms with Gasteiger partial charge in [0.25, 0.3) is 5.91 Å². The van der Waals surface area contributed by atoms with E-state index in [1.165, 1.54) is 24.4 Å². The molecule has 0 bridgehead atoms. The number of anilines is 2. The predicted molar refractivity (Wildman–Crippen MR) is 131 cm³/mol. The van der Waals surface area contributed by atoms with E-state index >= 15 is 0 Å². The first-order valence-electron chi connectivity index (χ1n) is 11.0. The minimum atomic E-state index is -0.458. The lowest BCUT2D eigenvalue weighted by atomic mass is 10.1. The molecule has 0 fully saturated rings. The van der Waals surface area contributed by atoms with Gasteiger partial charge < -0.3 is 20.9 Å². The van der Waals surface area contributed by atoms with E-state index in [-0.39, 0.29) is 23.3 Å². The van der Waals surface area contributed by atoms with Gasteiger partial charge in [0, 0.05) is 43.1 Å². The maximum atomic E-state index is 14.7. The Morgan fingerprint density at radius 2 is 2.09 bits per heavy atom. The van der Waals surface area contributed by atoms with Gasteiger partial charge in [0.15, 0.2) is 5.82 Å². The van der Waals surface area contributed by atoms with E-state index in [0.717, 1.165) is 37.2 Å². The number of likely N-dealkylation sites (N-methyl/N-ethyl adjacent to an activating group) is 1. The zero-order valence-corrected chi connectivity index (χ0v) is 20.1. The molecule has 2 heterocycles. The Morgan fingerprint density at radius 1 is 1.26 bits per heavy atom. The molecule has 1 atom stereocenters. The van der Waals surface area contributed by atoms with Gasteiger partial charge in [0.05, 0.1) is 28.6 Å². The Hall–Kier alpha value is -3.14. The first kappa shape index (κ1) is 24.0. The standard InChI is InChI=1S/C24H27ClFN7O/c1-27-24(34)17-13-28-9-8-19(17)30-22-15-5-7-20(29-10-11-33(2)3)21(15)31-23(32-22)16-12-14(25)4-6-18(16)26/h4,6,8-9,12-13,20,29H,5,7,10-11H2,1-3H3,(H,27,34)(H,28,30,31,32). The van der Waals surface area contributed by atoms with Crippen LogP contribution in [0.15, 0.2) is 36.7 Å². The van der Waals surface area contributed by atoms with Gasteiger partial charge in [-0.2, -0.15) is 0 Å². The molecule has 1 aromatic carbocycles. The molecule has 1 aliphatic rings. The van der Waals surface area contributed by atoms with Crippen molar-refractivity contribution in [3.63, 3.8) is 0 Å². The molecule has 10 heteroatoms. The summed E-state index contributed by atoms with van der Waals surface area (Å²) in [5.74, 6) is 0.0387. The molecule has 0 saturated carbocycles. The number of hydrogen-bond donors (Lipinski definition) is 3. The van der Waals surface area contributed by atoms with Gasteiger partial charge >= 0.3 is 0 Å². The van der Waals surface area contributed by atoms with Crippen LogP contribution in [0.1, 0.15) is 34.1 Å². The van der Waals surface area contributed by atoms with Crippen LogP contribution in [0.3, 0.4) is 0 Å². The Balaban J connectivity index is 1.78.